The number of rotatable bonds is 8. The van der Waals surface area contributed by atoms with Crippen LogP contribution in [0, 0.1) is 17.8 Å². The van der Waals surface area contributed by atoms with Gasteiger partial charge in [-0.2, -0.15) is 0 Å². The second kappa shape index (κ2) is 8.98. The van der Waals surface area contributed by atoms with Gasteiger partial charge in [-0.15, -0.1) is 0 Å². The molecule has 0 amide bonds. The van der Waals surface area contributed by atoms with Crippen molar-refractivity contribution in [2.75, 3.05) is 7.11 Å². The monoisotopic (exact) mass is 339 g/mol. The number of carbonyl (C=O) groups is 1. The van der Waals surface area contributed by atoms with Gasteiger partial charge < -0.3 is 4.74 Å². The summed E-state index contributed by atoms with van der Waals surface area (Å²) in [6.45, 7) is 0. The molecule has 1 aromatic rings. The van der Waals surface area contributed by atoms with Crippen LogP contribution in [0.15, 0.2) is 47.5 Å². The second-order valence-corrected chi connectivity index (χ2v) is 7.35. The lowest BCUT2D eigenvalue weighted by atomic mass is 9.82. The quantitative estimate of drug-likeness (QED) is 0.295. The summed E-state index contributed by atoms with van der Waals surface area (Å²) in [6.07, 6.45) is 14.2. The molecule has 3 rings (SSSR count). The van der Waals surface area contributed by atoms with Gasteiger partial charge in [-0.3, -0.25) is 9.79 Å². The van der Waals surface area contributed by atoms with E-state index in [9.17, 15) is 4.79 Å². The fourth-order valence-corrected chi connectivity index (χ4v) is 4.49. The molecule has 2 fully saturated rings. The van der Waals surface area contributed by atoms with Crippen LogP contribution < -0.4 is 0 Å². The van der Waals surface area contributed by atoms with Crippen LogP contribution in [0.25, 0.3) is 0 Å². The van der Waals surface area contributed by atoms with E-state index in [1.54, 1.807) is 0 Å². The second-order valence-electron chi connectivity index (χ2n) is 7.35. The highest BCUT2D eigenvalue weighted by Crippen LogP contribution is 2.51. The van der Waals surface area contributed by atoms with Crippen molar-refractivity contribution in [3.8, 4) is 0 Å². The third kappa shape index (κ3) is 4.81. The average Bonchev–Trinajstić information content (AvgIpc) is 3.25. The minimum absolute atomic E-state index is 0.114. The van der Waals surface area contributed by atoms with Gasteiger partial charge in [-0.25, -0.2) is 0 Å². The van der Waals surface area contributed by atoms with Gasteiger partial charge in [0.05, 0.1) is 13.2 Å². The molecule has 0 radical (unpaired) electrons. The van der Waals surface area contributed by atoms with E-state index in [1.165, 1.54) is 31.9 Å². The van der Waals surface area contributed by atoms with Crippen LogP contribution >= 0.6 is 0 Å². The summed E-state index contributed by atoms with van der Waals surface area (Å²) in [5, 5.41) is 0. The molecule has 0 saturated heterocycles. The van der Waals surface area contributed by atoms with Crippen LogP contribution in [-0.2, 0) is 9.53 Å². The Hall–Kier alpha value is -1.90. The smallest absolute Gasteiger partial charge is 0.305 e. The molecule has 1 aromatic carbocycles. The maximum Gasteiger partial charge on any atom is 0.305 e. The van der Waals surface area contributed by atoms with E-state index in [0.717, 1.165) is 31.1 Å². The lowest BCUT2D eigenvalue weighted by Gasteiger charge is -2.27. The van der Waals surface area contributed by atoms with E-state index in [4.69, 9.17) is 4.99 Å². The van der Waals surface area contributed by atoms with Gasteiger partial charge >= 0.3 is 5.97 Å². The first-order valence-corrected chi connectivity index (χ1v) is 9.58. The highest BCUT2D eigenvalue weighted by molar-refractivity contribution is 5.79. The van der Waals surface area contributed by atoms with E-state index in [-0.39, 0.29) is 5.97 Å². The van der Waals surface area contributed by atoms with Crippen LogP contribution in [0.3, 0.4) is 0 Å². The lowest BCUT2D eigenvalue weighted by molar-refractivity contribution is -0.140. The van der Waals surface area contributed by atoms with Crippen LogP contribution in [0.2, 0.25) is 0 Å². The van der Waals surface area contributed by atoms with Crippen molar-refractivity contribution in [2.24, 2.45) is 22.7 Å². The van der Waals surface area contributed by atoms with E-state index in [0.29, 0.717) is 18.4 Å². The van der Waals surface area contributed by atoms with Crippen molar-refractivity contribution in [3.63, 3.8) is 0 Å². The molecular formula is C22H29NO2. The largest absolute Gasteiger partial charge is 0.469 e. The molecule has 0 aliphatic heterocycles. The topological polar surface area (TPSA) is 38.7 Å². The van der Waals surface area contributed by atoms with Crippen molar-refractivity contribution in [1.82, 2.24) is 0 Å². The number of allylic oxidation sites excluding steroid dienone is 2. The first-order valence-electron chi connectivity index (χ1n) is 9.58. The third-order valence-corrected chi connectivity index (χ3v) is 5.79. The number of benzene rings is 1. The van der Waals surface area contributed by atoms with E-state index < -0.39 is 0 Å². The van der Waals surface area contributed by atoms with E-state index in [2.05, 4.69) is 47.4 Å². The lowest BCUT2D eigenvalue weighted by Crippen LogP contribution is -2.25. The number of ether oxygens (including phenoxy) is 1. The molecule has 3 heteroatoms. The Kier molecular flexibility index (Phi) is 6.43. The van der Waals surface area contributed by atoms with Gasteiger partial charge in [0, 0.05) is 12.6 Å². The minimum atomic E-state index is -0.114. The Morgan fingerprint density at radius 2 is 2.00 bits per heavy atom. The Morgan fingerprint density at radius 3 is 2.80 bits per heavy atom. The van der Waals surface area contributed by atoms with E-state index in [1.807, 2.05) is 6.07 Å². The SMILES string of the molecule is COC(=O)CCC/C=C\C[C@@H]1[C@H]2CC[C@H](C2)[C@H]1N=Cc1ccccc1. The highest BCUT2D eigenvalue weighted by atomic mass is 16.5. The molecule has 0 N–H and O–H groups in total. The van der Waals surface area contributed by atoms with Gasteiger partial charge in [0.25, 0.3) is 0 Å². The van der Waals surface area contributed by atoms with Gasteiger partial charge in [-0.1, -0.05) is 42.5 Å². The summed E-state index contributed by atoms with van der Waals surface area (Å²) in [5.41, 5.74) is 1.20. The van der Waals surface area contributed by atoms with Crippen molar-refractivity contribution in [2.45, 2.75) is 51.0 Å². The molecule has 2 aliphatic rings. The Labute approximate surface area is 151 Å². The number of nitrogens with zero attached hydrogens (tertiary/aromatic N) is 1. The Bertz CT molecular complexity index is 608. The molecular weight excluding hydrogens is 310 g/mol. The maximum absolute atomic E-state index is 11.1. The Morgan fingerprint density at radius 1 is 1.20 bits per heavy atom. The van der Waals surface area contributed by atoms with Crippen molar-refractivity contribution < 1.29 is 9.53 Å². The normalized spacial score (nSPS) is 28.2. The molecule has 3 nitrogen and oxygen atoms in total. The molecule has 0 unspecified atom stereocenters. The summed E-state index contributed by atoms with van der Waals surface area (Å²) in [7, 11) is 1.45. The summed E-state index contributed by atoms with van der Waals surface area (Å²) in [4.78, 5) is 16.1. The van der Waals surface area contributed by atoms with Gasteiger partial charge in [0.2, 0.25) is 0 Å². The fraction of sp³-hybridized carbons (Fsp3) is 0.545. The predicted octanol–water partition coefficient (Wildman–Crippen LogP) is 4.81. The number of methoxy groups -OCH3 is 1. The standard InChI is InChI=1S/C22H29NO2/c1-25-21(24)12-8-3-2-7-11-20-18-13-14-19(15-18)22(20)23-16-17-9-5-4-6-10-17/h2,4-7,9-10,16,18-20,22H,3,8,11-15H2,1H3/b7-2-,23-16?/t18-,19+,20+,22+/m0/s1. The number of hydrogen-bond acceptors (Lipinski definition) is 3. The number of unbranched alkanes of at least 4 members (excludes halogenated alkanes) is 1. The van der Waals surface area contributed by atoms with Crippen molar-refractivity contribution in [1.29, 1.82) is 0 Å². The first kappa shape index (κ1) is 17.9. The van der Waals surface area contributed by atoms with Gasteiger partial charge in [0.1, 0.15) is 0 Å². The zero-order valence-electron chi connectivity index (χ0n) is 15.1. The van der Waals surface area contributed by atoms with Crippen LogP contribution in [-0.4, -0.2) is 25.3 Å². The number of carbonyl (C=O) groups excluding carboxylic acids is 1. The van der Waals surface area contributed by atoms with E-state index >= 15 is 0 Å². The van der Waals surface area contributed by atoms with Crippen LogP contribution in [0.4, 0.5) is 0 Å². The maximum atomic E-state index is 11.1. The zero-order valence-corrected chi connectivity index (χ0v) is 15.1. The molecule has 25 heavy (non-hydrogen) atoms. The molecule has 4 atom stereocenters. The molecule has 0 spiro atoms. The average molecular weight is 339 g/mol. The Balaban J connectivity index is 1.50. The third-order valence-electron chi connectivity index (χ3n) is 5.79. The number of aliphatic imine (C=N–C) groups is 1. The fourth-order valence-electron chi connectivity index (χ4n) is 4.49. The van der Waals surface area contributed by atoms with Crippen LogP contribution in [0.1, 0.15) is 50.5 Å². The van der Waals surface area contributed by atoms with Crippen molar-refractivity contribution >= 4 is 12.2 Å². The summed E-state index contributed by atoms with van der Waals surface area (Å²) >= 11 is 0. The first-order chi connectivity index (χ1) is 12.3. The minimum Gasteiger partial charge on any atom is -0.469 e. The molecule has 134 valence electrons. The molecule has 2 bridgehead atoms. The van der Waals surface area contributed by atoms with Gasteiger partial charge in [-0.05, 0) is 61.8 Å². The highest BCUT2D eigenvalue weighted by Gasteiger charge is 2.46. The zero-order chi connectivity index (χ0) is 17.5. The van der Waals surface area contributed by atoms with Crippen LogP contribution in [0.5, 0.6) is 0 Å². The summed E-state index contributed by atoms with van der Waals surface area (Å²) in [5.74, 6) is 2.21. The number of hydrogen-bond donors (Lipinski definition) is 0. The predicted molar refractivity (Wildman–Crippen MR) is 102 cm³/mol. The summed E-state index contributed by atoms with van der Waals surface area (Å²) in [6, 6.07) is 10.9. The van der Waals surface area contributed by atoms with Gasteiger partial charge in [0.15, 0.2) is 0 Å². The molecule has 2 saturated carbocycles. The summed E-state index contributed by atoms with van der Waals surface area (Å²) < 4.78 is 4.67. The number of esters is 1. The number of fused-ring (bicyclic) bond motifs is 2. The molecule has 0 aromatic heterocycles. The molecule has 2 aliphatic carbocycles. The van der Waals surface area contributed by atoms with Crippen molar-refractivity contribution in [3.05, 3.63) is 48.0 Å². The molecule has 0 heterocycles.